The quantitative estimate of drug-likeness (QED) is 0.592. The molecule has 0 unspecified atom stereocenters. The number of aryl methyl sites for hydroxylation is 2. The Morgan fingerprint density at radius 2 is 1.85 bits per heavy atom. The smallest absolute Gasteiger partial charge is 0.250 e. The summed E-state index contributed by atoms with van der Waals surface area (Å²) in [7, 11) is 3.39. The van der Waals surface area contributed by atoms with Crippen molar-refractivity contribution in [2.75, 3.05) is 13.7 Å². The Labute approximate surface area is 193 Å². The zero-order valence-corrected chi connectivity index (χ0v) is 19.6. The molecule has 1 aliphatic carbocycles. The van der Waals surface area contributed by atoms with Crippen molar-refractivity contribution in [2.45, 2.75) is 69.8 Å². The van der Waals surface area contributed by atoms with Crippen molar-refractivity contribution in [3.05, 3.63) is 51.5 Å². The lowest BCUT2D eigenvalue weighted by Crippen LogP contribution is -2.23. The molecule has 2 aliphatic rings. The molecule has 1 aliphatic heterocycles. The third-order valence-corrected chi connectivity index (χ3v) is 7.02. The molecule has 3 aromatic rings. The molecule has 33 heavy (non-hydrogen) atoms. The number of methoxy groups -OCH3 is 1. The first kappa shape index (κ1) is 21.9. The Hall–Kier alpha value is -2.87. The molecule has 3 aromatic heterocycles. The third kappa shape index (κ3) is 4.36. The van der Waals surface area contributed by atoms with E-state index in [4.69, 9.17) is 29.4 Å². The van der Waals surface area contributed by atoms with Crippen molar-refractivity contribution in [3.8, 4) is 5.88 Å². The lowest BCUT2D eigenvalue weighted by Gasteiger charge is -2.30. The van der Waals surface area contributed by atoms with E-state index in [0.29, 0.717) is 24.1 Å². The predicted molar refractivity (Wildman–Crippen MR) is 125 cm³/mol. The molecule has 2 atom stereocenters. The maximum Gasteiger partial charge on any atom is 0.250 e. The monoisotopic (exact) mass is 449 g/mol. The average Bonchev–Trinajstić information content (AvgIpc) is 2.85. The van der Waals surface area contributed by atoms with Crippen molar-refractivity contribution in [3.63, 3.8) is 0 Å². The fourth-order valence-electron chi connectivity index (χ4n) is 5.16. The lowest BCUT2D eigenvalue weighted by molar-refractivity contribution is 0.00359. The molecule has 5 rings (SSSR count). The first-order valence-corrected chi connectivity index (χ1v) is 11.9. The standard InChI is InChI=1S/C25H31N5O3/c1-15-25(32-3)28-22-21(16-7-5-4-6-8-16)27-23(29-24(22)26-15)17-11-12-33-19(13-17)18-9-10-20(31)30(2)14-18/h9-10,14,16-17,19H,4-8,11-13H2,1-3H3/t17-,19+/m1/s1. The number of fused-ring (bicyclic) bond motifs is 1. The van der Waals surface area contributed by atoms with Crippen molar-refractivity contribution in [1.29, 1.82) is 0 Å². The highest BCUT2D eigenvalue weighted by atomic mass is 16.5. The maximum absolute atomic E-state index is 11.8. The second-order valence-electron chi connectivity index (χ2n) is 9.28. The van der Waals surface area contributed by atoms with Gasteiger partial charge in [-0.1, -0.05) is 19.3 Å². The molecule has 0 N–H and O–H groups in total. The SMILES string of the molecule is COc1nc2c(C3CCCCC3)nc([C@@H]3CCO[C@H](c4ccc(=O)n(C)c4)C3)nc2nc1C. The number of hydrogen-bond donors (Lipinski definition) is 0. The van der Waals surface area contributed by atoms with Crippen molar-refractivity contribution in [1.82, 2.24) is 24.5 Å². The van der Waals surface area contributed by atoms with Gasteiger partial charge in [0, 0.05) is 37.8 Å². The minimum atomic E-state index is -0.0864. The molecular formula is C25H31N5O3. The van der Waals surface area contributed by atoms with Gasteiger partial charge in [0.15, 0.2) is 5.65 Å². The zero-order valence-electron chi connectivity index (χ0n) is 19.6. The Bertz CT molecular complexity index is 1220. The second-order valence-corrected chi connectivity index (χ2v) is 9.28. The molecule has 1 saturated heterocycles. The van der Waals surface area contributed by atoms with E-state index in [1.165, 1.54) is 19.3 Å². The summed E-state index contributed by atoms with van der Waals surface area (Å²) in [6.45, 7) is 2.53. The van der Waals surface area contributed by atoms with E-state index in [9.17, 15) is 4.79 Å². The Balaban J connectivity index is 1.54. The molecule has 174 valence electrons. The maximum atomic E-state index is 11.8. The van der Waals surface area contributed by atoms with E-state index in [1.807, 2.05) is 19.2 Å². The summed E-state index contributed by atoms with van der Waals surface area (Å²) in [5.41, 5.74) is 4.17. The fraction of sp³-hybridized carbons (Fsp3) is 0.560. The molecule has 2 fully saturated rings. The van der Waals surface area contributed by atoms with E-state index in [0.717, 1.165) is 54.0 Å². The highest BCUT2D eigenvalue weighted by Crippen LogP contribution is 2.39. The molecule has 0 amide bonds. The fourth-order valence-corrected chi connectivity index (χ4v) is 5.16. The van der Waals surface area contributed by atoms with Gasteiger partial charge in [0.05, 0.1) is 18.9 Å². The van der Waals surface area contributed by atoms with Gasteiger partial charge in [-0.3, -0.25) is 4.79 Å². The number of rotatable bonds is 4. The normalized spacial score (nSPS) is 21.9. The van der Waals surface area contributed by atoms with Crippen LogP contribution in [-0.2, 0) is 11.8 Å². The van der Waals surface area contributed by atoms with Crippen LogP contribution in [0.3, 0.4) is 0 Å². The summed E-state index contributed by atoms with van der Waals surface area (Å²) < 4.78 is 13.1. The van der Waals surface area contributed by atoms with Gasteiger partial charge in [-0.25, -0.2) is 19.9 Å². The predicted octanol–water partition coefficient (Wildman–Crippen LogP) is 4.12. The Morgan fingerprint density at radius 1 is 1.03 bits per heavy atom. The molecule has 0 bridgehead atoms. The van der Waals surface area contributed by atoms with Crippen LogP contribution in [0.25, 0.3) is 11.2 Å². The molecule has 0 spiro atoms. The average molecular weight is 450 g/mol. The van der Waals surface area contributed by atoms with Crippen LogP contribution in [0.5, 0.6) is 5.88 Å². The number of aromatic nitrogens is 5. The van der Waals surface area contributed by atoms with Gasteiger partial charge in [-0.05, 0) is 44.2 Å². The molecule has 1 saturated carbocycles. The Kier molecular flexibility index (Phi) is 6.10. The van der Waals surface area contributed by atoms with E-state index in [2.05, 4.69) is 0 Å². The lowest BCUT2D eigenvalue weighted by atomic mass is 9.86. The van der Waals surface area contributed by atoms with Crippen LogP contribution >= 0.6 is 0 Å². The van der Waals surface area contributed by atoms with E-state index in [-0.39, 0.29) is 17.6 Å². The van der Waals surface area contributed by atoms with Crippen LogP contribution in [0.4, 0.5) is 0 Å². The zero-order chi connectivity index (χ0) is 22.9. The second kappa shape index (κ2) is 9.17. The van der Waals surface area contributed by atoms with Gasteiger partial charge < -0.3 is 14.0 Å². The number of ether oxygens (including phenoxy) is 2. The summed E-state index contributed by atoms with van der Waals surface area (Å²) in [6, 6.07) is 3.47. The number of pyridine rings is 1. The molecule has 4 heterocycles. The first-order chi connectivity index (χ1) is 16.0. The minimum Gasteiger partial charge on any atom is -0.480 e. The number of nitrogens with zero attached hydrogens (tertiary/aromatic N) is 5. The summed E-state index contributed by atoms with van der Waals surface area (Å²) in [6.07, 6.45) is 9.37. The summed E-state index contributed by atoms with van der Waals surface area (Å²) in [5, 5.41) is 0. The van der Waals surface area contributed by atoms with Gasteiger partial charge in [-0.2, -0.15) is 0 Å². The molecule has 8 heteroatoms. The molecule has 0 aromatic carbocycles. The van der Waals surface area contributed by atoms with E-state index >= 15 is 0 Å². The van der Waals surface area contributed by atoms with E-state index < -0.39 is 0 Å². The van der Waals surface area contributed by atoms with Gasteiger partial charge in [0.2, 0.25) is 11.4 Å². The summed E-state index contributed by atoms with van der Waals surface area (Å²) >= 11 is 0. The van der Waals surface area contributed by atoms with Crippen LogP contribution in [-0.4, -0.2) is 38.2 Å². The molecule has 8 nitrogen and oxygen atoms in total. The molecular weight excluding hydrogens is 418 g/mol. The third-order valence-electron chi connectivity index (χ3n) is 7.02. The van der Waals surface area contributed by atoms with E-state index in [1.54, 1.807) is 24.8 Å². The van der Waals surface area contributed by atoms with Crippen LogP contribution in [0.2, 0.25) is 0 Å². The van der Waals surface area contributed by atoms with Crippen molar-refractivity contribution in [2.24, 2.45) is 7.05 Å². The highest BCUT2D eigenvalue weighted by Gasteiger charge is 2.30. The largest absolute Gasteiger partial charge is 0.480 e. The summed E-state index contributed by atoms with van der Waals surface area (Å²) in [4.78, 5) is 31.4. The van der Waals surface area contributed by atoms with Crippen LogP contribution in [0.1, 0.15) is 85.7 Å². The first-order valence-electron chi connectivity index (χ1n) is 11.9. The van der Waals surface area contributed by atoms with Crippen LogP contribution < -0.4 is 10.3 Å². The molecule has 0 radical (unpaired) electrons. The topological polar surface area (TPSA) is 92.0 Å². The van der Waals surface area contributed by atoms with Crippen LogP contribution in [0, 0.1) is 6.92 Å². The van der Waals surface area contributed by atoms with Crippen molar-refractivity contribution < 1.29 is 9.47 Å². The van der Waals surface area contributed by atoms with Gasteiger partial charge >= 0.3 is 0 Å². The Morgan fingerprint density at radius 3 is 2.61 bits per heavy atom. The van der Waals surface area contributed by atoms with Gasteiger partial charge in [0.25, 0.3) is 0 Å². The number of hydrogen-bond acceptors (Lipinski definition) is 7. The van der Waals surface area contributed by atoms with Gasteiger partial charge in [-0.15, -0.1) is 0 Å². The van der Waals surface area contributed by atoms with Gasteiger partial charge in [0.1, 0.15) is 17.0 Å². The van der Waals surface area contributed by atoms with Crippen LogP contribution in [0.15, 0.2) is 23.1 Å². The summed E-state index contributed by atoms with van der Waals surface area (Å²) in [5.74, 6) is 1.91. The highest BCUT2D eigenvalue weighted by molar-refractivity contribution is 5.74. The minimum absolute atomic E-state index is 0.0227. The van der Waals surface area contributed by atoms with Crippen molar-refractivity contribution >= 4 is 11.2 Å².